The molecule has 2 nitrogen and oxygen atoms in total. The number of rotatable bonds is 2. The monoisotopic (exact) mass is 370 g/mol. The summed E-state index contributed by atoms with van der Waals surface area (Å²) in [5, 5.41) is 0. The van der Waals surface area contributed by atoms with Crippen molar-refractivity contribution in [3.63, 3.8) is 0 Å². The van der Waals surface area contributed by atoms with Gasteiger partial charge in [-0.25, -0.2) is 13.8 Å². The summed E-state index contributed by atoms with van der Waals surface area (Å²) in [7, 11) is 0. The fraction of sp³-hybridized carbons (Fsp3) is 0.0714. The third-order valence-electron chi connectivity index (χ3n) is 2.93. The Labute approximate surface area is 122 Å². The zero-order valence-electron chi connectivity index (χ0n) is 9.78. The second-order valence-corrected chi connectivity index (χ2v) is 5.50. The normalized spacial score (nSPS) is 11.1. The van der Waals surface area contributed by atoms with Gasteiger partial charge in [0.25, 0.3) is 0 Å². The molecule has 0 atom stereocenters. The summed E-state index contributed by atoms with van der Waals surface area (Å²) in [6.45, 7) is 0.582. The Morgan fingerprint density at radius 2 is 1.74 bits per heavy atom. The Bertz CT molecular complexity index is 735. The molecule has 96 valence electrons. The number of hydrogen-bond donors (Lipinski definition) is 0. The van der Waals surface area contributed by atoms with E-state index in [1.54, 1.807) is 10.9 Å². The third-order valence-corrected chi connectivity index (χ3v) is 3.65. The highest BCUT2D eigenvalue weighted by molar-refractivity contribution is 14.1. The lowest BCUT2D eigenvalue weighted by Crippen LogP contribution is -1.98. The van der Waals surface area contributed by atoms with E-state index < -0.39 is 11.6 Å². The lowest BCUT2D eigenvalue weighted by Gasteiger charge is -2.05. The van der Waals surface area contributed by atoms with E-state index in [1.807, 2.05) is 24.3 Å². The summed E-state index contributed by atoms with van der Waals surface area (Å²) in [5.74, 6) is -1.72. The van der Waals surface area contributed by atoms with Crippen LogP contribution in [0, 0.1) is 15.2 Å². The van der Waals surface area contributed by atoms with Crippen molar-refractivity contribution in [1.82, 2.24) is 9.55 Å². The first-order valence-electron chi connectivity index (χ1n) is 5.68. The molecule has 0 aliphatic heterocycles. The molecule has 0 spiro atoms. The fourth-order valence-electron chi connectivity index (χ4n) is 1.97. The minimum absolute atomic E-state index is 0.462. The predicted octanol–water partition coefficient (Wildman–Crippen LogP) is 3.97. The minimum atomic E-state index is -0.869. The molecular weight excluding hydrogens is 361 g/mol. The molecule has 19 heavy (non-hydrogen) atoms. The highest BCUT2D eigenvalue weighted by Gasteiger charge is 2.09. The zero-order valence-corrected chi connectivity index (χ0v) is 11.9. The topological polar surface area (TPSA) is 17.8 Å². The molecule has 3 rings (SSSR count). The van der Waals surface area contributed by atoms with Crippen LogP contribution in [-0.4, -0.2) is 9.55 Å². The molecule has 0 saturated heterocycles. The predicted molar refractivity (Wildman–Crippen MR) is 77.9 cm³/mol. The van der Waals surface area contributed by atoms with Gasteiger partial charge < -0.3 is 4.57 Å². The van der Waals surface area contributed by atoms with Gasteiger partial charge in [0.2, 0.25) is 0 Å². The van der Waals surface area contributed by atoms with E-state index in [0.29, 0.717) is 17.6 Å². The molecule has 1 aromatic heterocycles. The third kappa shape index (κ3) is 2.47. The lowest BCUT2D eigenvalue weighted by atomic mass is 10.2. The molecule has 0 bridgehead atoms. The van der Waals surface area contributed by atoms with Crippen LogP contribution in [0.3, 0.4) is 0 Å². The maximum absolute atomic E-state index is 13.3. The van der Waals surface area contributed by atoms with E-state index >= 15 is 0 Å². The van der Waals surface area contributed by atoms with Gasteiger partial charge in [-0.05, 0) is 40.3 Å². The Hall–Kier alpha value is -1.50. The van der Waals surface area contributed by atoms with E-state index in [4.69, 9.17) is 0 Å². The second kappa shape index (κ2) is 4.88. The minimum Gasteiger partial charge on any atom is -0.326 e. The summed E-state index contributed by atoms with van der Waals surface area (Å²) in [5.41, 5.74) is 2.14. The Balaban J connectivity index is 2.01. The van der Waals surface area contributed by atoms with Gasteiger partial charge in [-0.15, -0.1) is 0 Å². The zero-order chi connectivity index (χ0) is 13.4. The molecule has 5 heteroatoms. The molecule has 0 N–H and O–H groups in total. The summed E-state index contributed by atoms with van der Waals surface area (Å²) in [6, 6.07) is 10.3. The SMILES string of the molecule is Fc1cc2ncn(Cc3ccc(I)cc3)c2cc1F. The van der Waals surface area contributed by atoms with E-state index in [9.17, 15) is 8.78 Å². The van der Waals surface area contributed by atoms with Crippen molar-refractivity contribution < 1.29 is 8.78 Å². The van der Waals surface area contributed by atoms with E-state index in [1.165, 1.54) is 6.07 Å². The van der Waals surface area contributed by atoms with Crippen LogP contribution in [0.1, 0.15) is 5.56 Å². The van der Waals surface area contributed by atoms with Crippen molar-refractivity contribution in [3.8, 4) is 0 Å². The van der Waals surface area contributed by atoms with Gasteiger partial charge in [0, 0.05) is 22.2 Å². The van der Waals surface area contributed by atoms with Crippen LogP contribution in [0.15, 0.2) is 42.7 Å². The number of imidazole rings is 1. The Morgan fingerprint density at radius 1 is 1.05 bits per heavy atom. The highest BCUT2D eigenvalue weighted by atomic mass is 127. The number of aromatic nitrogens is 2. The molecule has 3 aromatic rings. The molecule has 0 amide bonds. The van der Waals surface area contributed by atoms with Crippen molar-refractivity contribution in [2.45, 2.75) is 6.54 Å². The summed E-state index contributed by atoms with van der Waals surface area (Å²) in [6.07, 6.45) is 1.60. The first kappa shape index (κ1) is 12.5. The van der Waals surface area contributed by atoms with Gasteiger partial charge in [-0.3, -0.25) is 0 Å². The van der Waals surface area contributed by atoms with E-state index in [0.717, 1.165) is 15.2 Å². The van der Waals surface area contributed by atoms with Crippen LogP contribution >= 0.6 is 22.6 Å². The van der Waals surface area contributed by atoms with Crippen molar-refractivity contribution >= 4 is 33.6 Å². The number of halogens is 3. The van der Waals surface area contributed by atoms with Crippen LogP contribution in [0.2, 0.25) is 0 Å². The largest absolute Gasteiger partial charge is 0.326 e. The number of nitrogens with zero attached hydrogens (tertiary/aromatic N) is 2. The lowest BCUT2D eigenvalue weighted by molar-refractivity contribution is 0.510. The maximum atomic E-state index is 13.3. The molecule has 0 radical (unpaired) electrons. The van der Waals surface area contributed by atoms with Crippen LogP contribution in [-0.2, 0) is 6.54 Å². The van der Waals surface area contributed by atoms with Crippen LogP contribution in [0.5, 0.6) is 0 Å². The maximum Gasteiger partial charge on any atom is 0.161 e. The van der Waals surface area contributed by atoms with Gasteiger partial charge in [0.15, 0.2) is 11.6 Å². The molecule has 0 aliphatic carbocycles. The van der Waals surface area contributed by atoms with E-state index in [2.05, 4.69) is 27.6 Å². The average molecular weight is 370 g/mol. The summed E-state index contributed by atoms with van der Waals surface area (Å²) in [4.78, 5) is 4.09. The molecule has 0 fully saturated rings. The number of fused-ring (bicyclic) bond motifs is 1. The van der Waals surface area contributed by atoms with Crippen LogP contribution in [0.25, 0.3) is 11.0 Å². The number of hydrogen-bond acceptors (Lipinski definition) is 1. The van der Waals surface area contributed by atoms with Crippen molar-refractivity contribution in [2.24, 2.45) is 0 Å². The second-order valence-electron chi connectivity index (χ2n) is 4.25. The Kier molecular flexibility index (Phi) is 3.22. The van der Waals surface area contributed by atoms with Crippen molar-refractivity contribution in [2.75, 3.05) is 0 Å². The Morgan fingerprint density at radius 3 is 2.47 bits per heavy atom. The molecule has 0 saturated carbocycles. The standard InChI is InChI=1S/C14H9F2IN2/c15-11-5-13-14(6-12(11)16)19(8-18-13)7-9-1-3-10(17)4-2-9/h1-6,8H,7H2. The van der Waals surface area contributed by atoms with Gasteiger partial charge >= 0.3 is 0 Å². The first-order chi connectivity index (χ1) is 9.13. The summed E-state index contributed by atoms with van der Waals surface area (Å²) >= 11 is 2.24. The molecule has 1 heterocycles. The van der Waals surface area contributed by atoms with Gasteiger partial charge in [0.1, 0.15) is 0 Å². The van der Waals surface area contributed by atoms with Crippen LogP contribution in [0.4, 0.5) is 8.78 Å². The first-order valence-corrected chi connectivity index (χ1v) is 6.76. The van der Waals surface area contributed by atoms with Crippen molar-refractivity contribution in [3.05, 3.63) is 63.5 Å². The van der Waals surface area contributed by atoms with Gasteiger partial charge in [0.05, 0.1) is 17.4 Å². The molecule has 0 unspecified atom stereocenters. The molecule has 2 aromatic carbocycles. The smallest absolute Gasteiger partial charge is 0.161 e. The van der Waals surface area contributed by atoms with E-state index in [-0.39, 0.29) is 0 Å². The fourth-order valence-corrected chi connectivity index (χ4v) is 2.33. The average Bonchev–Trinajstić information content (AvgIpc) is 2.76. The summed E-state index contributed by atoms with van der Waals surface area (Å²) < 4.78 is 29.3. The highest BCUT2D eigenvalue weighted by Crippen LogP contribution is 2.18. The van der Waals surface area contributed by atoms with Gasteiger partial charge in [-0.1, -0.05) is 12.1 Å². The quantitative estimate of drug-likeness (QED) is 0.625. The van der Waals surface area contributed by atoms with Crippen LogP contribution < -0.4 is 0 Å². The molecule has 0 aliphatic rings. The van der Waals surface area contributed by atoms with Gasteiger partial charge in [-0.2, -0.15) is 0 Å². The number of benzene rings is 2. The molecular formula is C14H9F2IN2. The van der Waals surface area contributed by atoms with Crippen molar-refractivity contribution in [1.29, 1.82) is 0 Å².